The topological polar surface area (TPSA) is 195 Å². The van der Waals surface area contributed by atoms with Gasteiger partial charge in [0.1, 0.15) is 23.9 Å². The highest BCUT2D eigenvalue weighted by molar-refractivity contribution is 5.73. The molecule has 0 aromatic heterocycles. The number of nitrogens with zero attached hydrogens (tertiary/aromatic N) is 2. The molecule has 3 saturated heterocycles. The minimum Gasteiger partial charge on any atom is -0.459 e. The molecule has 4 N–H and O–H groups in total. The largest absolute Gasteiger partial charge is 0.459 e. The van der Waals surface area contributed by atoms with Gasteiger partial charge in [-0.1, -0.05) is 32.9 Å². The summed E-state index contributed by atoms with van der Waals surface area (Å²) in [5, 5.41) is 49.3. The summed E-state index contributed by atoms with van der Waals surface area (Å²) in [5.74, 6) is -3.80. The van der Waals surface area contributed by atoms with Crippen molar-refractivity contribution in [1.29, 1.82) is 0 Å². The molecular weight excluding hydrogens is 692 g/mol. The first-order chi connectivity index (χ1) is 24.5. The number of hydrogen-bond donors (Lipinski definition) is 4. The van der Waals surface area contributed by atoms with Crippen molar-refractivity contribution in [3.05, 3.63) is 4.91 Å². The minimum atomic E-state index is -1.94. The summed E-state index contributed by atoms with van der Waals surface area (Å²) in [6.45, 7) is 17.3. The standard InChI is InChI=1S/C38H70N2O13/c1-15-26-38(10,45)31(42)21(4)28(39-46)19(2)17-37(9,48-14)33(53-35-29(41)25(40(11)12)16-20(3)49-35)22(5)30(23(6)34(44)51-26)52-27-18-36(8,47-13)32(43)24(7)50-27/h19-33,35,41-43,45H,15-18H2,1-14H3/t19-,20-,21+,22+,23-,24+,25?,26-,27?,28?,29?,30+,31-,32?,33-,35?,36?,37-,38-/m1/s1. The molecular formula is C38H70N2O13. The van der Waals surface area contributed by atoms with E-state index in [0.29, 0.717) is 6.42 Å². The number of esters is 1. The maximum absolute atomic E-state index is 14.2. The molecule has 0 spiro atoms. The van der Waals surface area contributed by atoms with Crippen LogP contribution in [0.5, 0.6) is 0 Å². The molecule has 3 heterocycles. The maximum atomic E-state index is 14.2. The first-order valence-electron chi connectivity index (χ1n) is 19.2. The van der Waals surface area contributed by atoms with Crippen molar-refractivity contribution in [2.45, 2.75) is 185 Å². The Kier molecular flexibility index (Phi) is 15.9. The van der Waals surface area contributed by atoms with Gasteiger partial charge in [0.05, 0.1) is 53.7 Å². The molecule has 0 radical (unpaired) electrons. The molecule has 3 aliphatic heterocycles. The quantitative estimate of drug-likeness (QED) is 0.198. The number of likely N-dealkylation sites (N-methyl/N-ethyl adjacent to an activating group) is 1. The number of carbonyl (C=O) groups is 1. The fourth-order valence-electron chi connectivity index (χ4n) is 8.96. The summed E-state index contributed by atoms with van der Waals surface area (Å²) in [4.78, 5) is 28.7. The SMILES string of the molecule is CC[C@H]1OC(=O)[C@H](C)[C@@H](OC2CC(C)(OC)C(O)[C@H](C)O2)[C@H](C)[C@@H](OC2O[C@H](C)CC(N(C)C)C2O)[C@](C)(OC)C[C@@H](C)C(N=O)[C@H](C)[C@@H](O)[C@]1(C)O. The number of rotatable bonds is 9. The van der Waals surface area contributed by atoms with Gasteiger partial charge in [-0.05, 0) is 80.8 Å². The Bertz CT molecular complexity index is 1190. The lowest BCUT2D eigenvalue weighted by Gasteiger charge is -2.50. The van der Waals surface area contributed by atoms with Gasteiger partial charge in [-0.15, -0.1) is 0 Å². The lowest BCUT2D eigenvalue weighted by Crippen LogP contribution is -2.61. The third kappa shape index (κ3) is 9.78. The fourth-order valence-corrected chi connectivity index (χ4v) is 8.96. The van der Waals surface area contributed by atoms with Crippen LogP contribution >= 0.6 is 0 Å². The monoisotopic (exact) mass is 762 g/mol. The van der Waals surface area contributed by atoms with Crippen molar-refractivity contribution in [3.63, 3.8) is 0 Å². The molecule has 15 heteroatoms. The van der Waals surface area contributed by atoms with Gasteiger partial charge in [0.15, 0.2) is 12.6 Å². The van der Waals surface area contributed by atoms with Crippen molar-refractivity contribution in [2.24, 2.45) is 28.8 Å². The zero-order valence-corrected chi connectivity index (χ0v) is 34.4. The Morgan fingerprint density at radius 2 is 1.49 bits per heavy atom. The van der Waals surface area contributed by atoms with Crippen molar-refractivity contribution >= 4 is 5.97 Å². The summed E-state index contributed by atoms with van der Waals surface area (Å²) < 4.78 is 44.1. The van der Waals surface area contributed by atoms with E-state index in [1.54, 1.807) is 34.6 Å². The Hall–Kier alpha value is -1.37. The molecule has 0 aromatic rings. The van der Waals surface area contributed by atoms with Gasteiger partial charge in [0.2, 0.25) is 0 Å². The van der Waals surface area contributed by atoms with E-state index in [1.807, 2.05) is 46.7 Å². The summed E-state index contributed by atoms with van der Waals surface area (Å²) >= 11 is 0. The van der Waals surface area contributed by atoms with E-state index in [0.717, 1.165) is 0 Å². The molecule has 310 valence electrons. The van der Waals surface area contributed by atoms with Crippen LogP contribution in [0.1, 0.15) is 94.9 Å². The summed E-state index contributed by atoms with van der Waals surface area (Å²) in [6.07, 6.45) is -8.60. The number of aliphatic hydroxyl groups is 4. The lowest BCUT2D eigenvalue weighted by molar-refractivity contribution is -0.319. The van der Waals surface area contributed by atoms with Crippen molar-refractivity contribution in [3.8, 4) is 0 Å². The number of hydrogen-bond acceptors (Lipinski definition) is 15. The highest BCUT2D eigenvalue weighted by atomic mass is 16.7. The molecule has 0 amide bonds. The molecule has 3 rings (SSSR count). The van der Waals surface area contributed by atoms with Crippen LogP contribution < -0.4 is 0 Å². The van der Waals surface area contributed by atoms with Gasteiger partial charge in [-0.25, -0.2) is 0 Å². The molecule has 3 fully saturated rings. The van der Waals surface area contributed by atoms with E-state index in [9.17, 15) is 30.1 Å². The van der Waals surface area contributed by atoms with Gasteiger partial charge in [-0.3, -0.25) is 4.79 Å². The van der Waals surface area contributed by atoms with Crippen LogP contribution in [0.3, 0.4) is 0 Å². The maximum Gasteiger partial charge on any atom is 0.311 e. The highest BCUT2D eigenvalue weighted by Gasteiger charge is 2.54. The number of cyclic esters (lactones) is 1. The van der Waals surface area contributed by atoms with Gasteiger partial charge in [0.25, 0.3) is 0 Å². The number of aliphatic hydroxyl groups excluding tert-OH is 3. The third-order valence-electron chi connectivity index (χ3n) is 12.6. The number of carbonyl (C=O) groups excluding carboxylic acids is 1. The van der Waals surface area contributed by atoms with E-state index >= 15 is 0 Å². The van der Waals surface area contributed by atoms with Crippen LogP contribution in [0.15, 0.2) is 5.18 Å². The van der Waals surface area contributed by atoms with Gasteiger partial charge in [0, 0.05) is 38.5 Å². The van der Waals surface area contributed by atoms with E-state index in [2.05, 4.69) is 5.18 Å². The van der Waals surface area contributed by atoms with Crippen molar-refractivity contribution in [1.82, 2.24) is 4.90 Å². The van der Waals surface area contributed by atoms with Crippen LogP contribution in [0.4, 0.5) is 0 Å². The minimum absolute atomic E-state index is 0.125. The van der Waals surface area contributed by atoms with Crippen LogP contribution in [0, 0.1) is 28.6 Å². The average Bonchev–Trinajstić information content (AvgIpc) is 3.10. The first-order valence-corrected chi connectivity index (χ1v) is 19.2. The van der Waals surface area contributed by atoms with Crippen molar-refractivity contribution in [2.75, 3.05) is 28.3 Å². The third-order valence-corrected chi connectivity index (χ3v) is 12.6. The number of ether oxygens (including phenoxy) is 7. The second kappa shape index (κ2) is 18.3. The summed E-state index contributed by atoms with van der Waals surface area (Å²) in [7, 11) is 6.78. The highest BCUT2D eigenvalue weighted by Crippen LogP contribution is 2.42. The van der Waals surface area contributed by atoms with Crippen LogP contribution in [-0.2, 0) is 38.0 Å². The zero-order valence-electron chi connectivity index (χ0n) is 34.4. The van der Waals surface area contributed by atoms with E-state index in [4.69, 9.17) is 33.2 Å². The predicted octanol–water partition coefficient (Wildman–Crippen LogP) is 3.01. The molecule has 3 aliphatic rings. The van der Waals surface area contributed by atoms with Crippen LogP contribution in [0.25, 0.3) is 0 Å². The molecule has 53 heavy (non-hydrogen) atoms. The van der Waals surface area contributed by atoms with Gasteiger partial charge >= 0.3 is 5.97 Å². The van der Waals surface area contributed by atoms with Gasteiger partial charge in [-0.2, -0.15) is 4.91 Å². The van der Waals surface area contributed by atoms with Gasteiger partial charge < -0.3 is 58.5 Å². The summed E-state index contributed by atoms with van der Waals surface area (Å²) in [5.41, 5.74) is -4.21. The Morgan fingerprint density at radius 3 is 2.02 bits per heavy atom. The lowest BCUT2D eigenvalue weighted by atomic mass is 9.72. The second-order valence-corrected chi connectivity index (χ2v) is 17.0. The molecule has 0 bridgehead atoms. The number of methoxy groups -OCH3 is 2. The molecule has 0 saturated carbocycles. The molecule has 0 aliphatic carbocycles. The molecule has 15 nitrogen and oxygen atoms in total. The Labute approximate surface area is 316 Å². The Balaban J connectivity index is 2.24. The predicted molar refractivity (Wildman–Crippen MR) is 196 cm³/mol. The van der Waals surface area contributed by atoms with Crippen molar-refractivity contribution < 1.29 is 58.4 Å². The zero-order chi connectivity index (χ0) is 40.4. The molecule has 0 aromatic carbocycles. The average molecular weight is 763 g/mol. The first kappa shape index (κ1) is 46.0. The van der Waals surface area contributed by atoms with E-state index < -0.39 is 108 Å². The Morgan fingerprint density at radius 1 is 0.887 bits per heavy atom. The van der Waals surface area contributed by atoms with E-state index in [-0.39, 0.29) is 31.4 Å². The summed E-state index contributed by atoms with van der Waals surface area (Å²) in [6, 6.07) is -1.28. The smallest absolute Gasteiger partial charge is 0.311 e. The molecule has 19 atom stereocenters. The second-order valence-electron chi connectivity index (χ2n) is 17.0. The molecule has 7 unspecified atom stereocenters. The fraction of sp³-hybridized carbons (Fsp3) is 0.974. The normalized spacial score (nSPS) is 49.6. The van der Waals surface area contributed by atoms with Crippen LogP contribution in [0.2, 0.25) is 0 Å². The number of nitroso groups, excluding NO2 is 1. The van der Waals surface area contributed by atoms with Crippen LogP contribution in [-0.4, -0.2) is 150 Å². The van der Waals surface area contributed by atoms with E-state index in [1.165, 1.54) is 21.1 Å².